The van der Waals surface area contributed by atoms with Crippen molar-refractivity contribution in [1.82, 2.24) is 4.90 Å². The van der Waals surface area contributed by atoms with Gasteiger partial charge in [0.2, 0.25) is 5.91 Å². The quantitative estimate of drug-likeness (QED) is 0.888. The van der Waals surface area contributed by atoms with Crippen LogP contribution in [0.25, 0.3) is 0 Å². The predicted molar refractivity (Wildman–Crippen MR) is 94.8 cm³/mol. The molecule has 1 unspecified atom stereocenters. The van der Waals surface area contributed by atoms with Crippen molar-refractivity contribution in [3.8, 4) is 0 Å². The summed E-state index contributed by atoms with van der Waals surface area (Å²) in [6.45, 7) is 0.731. The summed E-state index contributed by atoms with van der Waals surface area (Å²) in [7, 11) is 2.09. The second-order valence-corrected chi connectivity index (χ2v) is 6.42. The zero-order chi connectivity index (χ0) is 16.2. The molecule has 0 fully saturated rings. The molecule has 3 nitrogen and oxygen atoms in total. The van der Waals surface area contributed by atoms with E-state index in [0.717, 1.165) is 19.4 Å². The van der Waals surface area contributed by atoms with Crippen molar-refractivity contribution in [3.05, 3.63) is 64.7 Å². The van der Waals surface area contributed by atoms with Crippen molar-refractivity contribution >= 4 is 23.2 Å². The molecule has 3 rings (SSSR count). The molecule has 2 aromatic carbocycles. The monoisotopic (exact) mass is 328 g/mol. The summed E-state index contributed by atoms with van der Waals surface area (Å²) in [5.41, 5.74) is 3.51. The topological polar surface area (TPSA) is 32.3 Å². The number of carbonyl (C=O) groups is 1. The first-order chi connectivity index (χ1) is 11.1. The lowest BCUT2D eigenvalue weighted by Crippen LogP contribution is -2.27. The Labute approximate surface area is 142 Å². The van der Waals surface area contributed by atoms with Gasteiger partial charge in [0, 0.05) is 19.0 Å². The Bertz CT molecular complexity index is 701. The molecule has 1 N–H and O–H groups in total. The number of nitrogens with zero attached hydrogens (tertiary/aromatic N) is 1. The van der Waals surface area contributed by atoms with Gasteiger partial charge in [0.15, 0.2) is 0 Å². The molecule has 120 valence electrons. The van der Waals surface area contributed by atoms with Gasteiger partial charge in [-0.25, -0.2) is 0 Å². The van der Waals surface area contributed by atoms with E-state index in [9.17, 15) is 4.79 Å². The predicted octanol–water partition coefficient (Wildman–Crippen LogP) is 4.29. The highest BCUT2D eigenvalue weighted by Gasteiger charge is 2.25. The minimum Gasteiger partial charge on any atom is -0.325 e. The average Bonchev–Trinajstić information content (AvgIpc) is 2.99. The number of carbonyl (C=O) groups excluding carboxylic acids is 1. The largest absolute Gasteiger partial charge is 0.325 e. The van der Waals surface area contributed by atoms with Crippen molar-refractivity contribution in [1.29, 1.82) is 0 Å². The van der Waals surface area contributed by atoms with Gasteiger partial charge in [-0.2, -0.15) is 0 Å². The fourth-order valence-corrected chi connectivity index (χ4v) is 3.38. The number of fused-ring (bicyclic) bond motifs is 1. The van der Waals surface area contributed by atoms with Crippen molar-refractivity contribution < 1.29 is 4.79 Å². The SMILES string of the molecule is CN(CCC(=O)Nc1ccccc1Cl)C1CCc2ccccc21. The second-order valence-electron chi connectivity index (χ2n) is 6.01. The van der Waals surface area contributed by atoms with E-state index < -0.39 is 0 Å². The summed E-state index contributed by atoms with van der Waals surface area (Å²) in [5.74, 6) is -0.00349. The lowest BCUT2D eigenvalue weighted by atomic mass is 10.1. The highest BCUT2D eigenvalue weighted by Crippen LogP contribution is 2.34. The summed E-state index contributed by atoms with van der Waals surface area (Å²) >= 11 is 6.07. The van der Waals surface area contributed by atoms with Gasteiger partial charge in [-0.15, -0.1) is 0 Å². The number of benzene rings is 2. The van der Waals surface area contributed by atoms with Crippen LogP contribution in [0.5, 0.6) is 0 Å². The first-order valence-corrected chi connectivity index (χ1v) is 8.35. The number of rotatable bonds is 5. The summed E-state index contributed by atoms with van der Waals surface area (Å²) < 4.78 is 0. The Morgan fingerprint density at radius 2 is 1.96 bits per heavy atom. The molecule has 1 amide bonds. The molecule has 0 spiro atoms. The average molecular weight is 329 g/mol. The van der Waals surface area contributed by atoms with Crippen LogP contribution in [0.1, 0.15) is 30.0 Å². The zero-order valence-corrected chi connectivity index (χ0v) is 14.0. The van der Waals surface area contributed by atoms with Crippen LogP contribution in [0.4, 0.5) is 5.69 Å². The number of anilines is 1. The lowest BCUT2D eigenvalue weighted by Gasteiger charge is -2.25. The third-order valence-electron chi connectivity index (χ3n) is 4.47. The van der Waals surface area contributed by atoms with Crippen molar-refractivity contribution in [3.63, 3.8) is 0 Å². The van der Waals surface area contributed by atoms with Crippen molar-refractivity contribution in [2.24, 2.45) is 0 Å². The van der Waals surface area contributed by atoms with E-state index in [1.54, 1.807) is 6.07 Å². The summed E-state index contributed by atoms with van der Waals surface area (Å²) in [5, 5.41) is 3.45. The molecule has 0 saturated heterocycles. The Hall–Kier alpha value is -1.84. The van der Waals surface area contributed by atoms with Crippen LogP contribution in [-0.2, 0) is 11.2 Å². The van der Waals surface area contributed by atoms with E-state index in [0.29, 0.717) is 23.2 Å². The minimum absolute atomic E-state index is 0.00349. The third kappa shape index (κ3) is 3.74. The number of para-hydroxylation sites is 1. The van der Waals surface area contributed by atoms with E-state index in [1.165, 1.54) is 11.1 Å². The highest BCUT2D eigenvalue weighted by atomic mass is 35.5. The van der Waals surface area contributed by atoms with E-state index in [2.05, 4.69) is 41.5 Å². The number of aryl methyl sites for hydroxylation is 1. The maximum Gasteiger partial charge on any atom is 0.225 e. The van der Waals surface area contributed by atoms with Crippen LogP contribution in [-0.4, -0.2) is 24.4 Å². The number of hydrogen-bond donors (Lipinski definition) is 1. The molecule has 0 radical (unpaired) electrons. The van der Waals surface area contributed by atoms with E-state index >= 15 is 0 Å². The molecule has 1 aliphatic carbocycles. The van der Waals surface area contributed by atoms with Crippen LogP contribution in [0, 0.1) is 0 Å². The Morgan fingerprint density at radius 3 is 2.78 bits per heavy atom. The summed E-state index contributed by atoms with van der Waals surface area (Å²) in [6.07, 6.45) is 2.71. The number of amides is 1. The van der Waals surface area contributed by atoms with Gasteiger partial charge in [-0.1, -0.05) is 48.0 Å². The number of halogens is 1. The second kappa shape index (κ2) is 7.16. The van der Waals surface area contributed by atoms with Crippen LogP contribution >= 0.6 is 11.6 Å². The zero-order valence-electron chi connectivity index (χ0n) is 13.3. The third-order valence-corrected chi connectivity index (χ3v) is 4.80. The van der Waals surface area contributed by atoms with Crippen molar-refractivity contribution in [2.75, 3.05) is 18.9 Å². The molecule has 0 saturated carbocycles. The lowest BCUT2D eigenvalue weighted by molar-refractivity contribution is -0.116. The molecule has 2 aromatic rings. The minimum atomic E-state index is -0.00349. The first kappa shape index (κ1) is 16.0. The van der Waals surface area contributed by atoms with Crippen LogP contribution in [0.3, 0.4) is 0 Å². The summed E-state index contributed by atoms with van der Waals surface area (Å²) in [6, 6.07) is 16.3. The maximum absolute atomic E-state index is 12.1. The van der Waals surface area contributed by atoms with Gasteiger partial charge in [-0.05, 0) is 43.1 Å². The molecule has 23 heavy (non-hydrogen) atoms. The Morgan fingerprint density at radius 1 is 1.22 bits per heavy atom. The van der Waals surface area contributed by atoms with E-state index in [-0.39, 0.29) is 5.91 Å². The normalized spacial score (nSPS) is 16.4. The standard InChI is InChI=1S/C19H21ClN2O/c1-22(18-11-10-14-6-2-3-7-15(14)18)13-12-19(23)21-17-9-5-4-8-16(17)20/h2-9,18H,10-13H2,1H3,(H,21,23). The maximum atomic E-state index is 12.1. The molecule has 0 aliphatic heterocycles. The molecular formula is C19H21ClN2O. The van der Waals surface area contributed by atoms with Crippen LogP contribution in [0.2, 0.25) is 5.02 Å². The van der Waals surface area contributed by atoms with Gasteiger partial charge in [0.05, 0.1) is 10.7 Å². The highest BCUT2D eigenvalue weighted by molar-refractivity contribution is 6.33. The van der Waals surface area contributed by atoms with Gasteiger partial charge in [-0.3, -0.25) is 9.69 Å². The first-order valence-electron chi connectivity index (χ1n) is 7.97. The van der Waals surface area contributed by atoms with E-state index in [1.807, 2.05) is 18.2 Å². The molecule has 0 aromatic heterocycles. The van der Waals surface area contributed by atoms with Gasteiger partial charge >= 0.3 is 0 Å². The van der Waals surface area contributed by atoms with Gasteiger partial charge in [0.25, 0.3) is 0 Å². The molecule has 0 bridgehead atoms. The number of hydrogen-bond acceptors (Lipinski definition) is 2. The van der Waals surface area contributed by atoms with Crippen LogP contribution < -0.4 is 5.32 Å². The number of nitrogens with one attached hydrogen (secondary N) is 1. The van der Waals surface area contributed by atoms with Crippen molar-refractivity contribution in [2.45, 2.75) is 25.3 Å². The molecule has 1 aliphatic rings. The van der Waals surface area contributed by atoms with Gasteiger partial charge in [0.1, 0.15) is 0 Å². The molecule has 1 atom stereocenters. The molecule has 4 heteroatoms. The summed E-state index contributed by atoms with van der Waals surface area (Å²) in [4.78, 5) is 14.4. The molecular weight excluding hydrogens is 308 g/mol. The Kier molecular flexibility index (Phi) is 4.99. The van der Waals surface area contributed by atoms with E-state index in [4.69, 9.17) is 11.6 Å². The smallest absolute Gasteiger partial charge is 0.225 e. The fourth-order valence-electron chi connectivity index (χ4n) is 3.20. The fraction of sp³-hybridized carbons (Fsp3) is 0.316. The van der Waals surface area contributed by atoms with Gasteiger partial charge < -0.3 is 5.32 Å². The Balaban J connectivity index is 1.54. The van der Waals surface area contributed by atoms with Crippen LogP contribution in [0.15, 0.2) is 48.5 Å². The molecule has 0 heterocycles.